The number of alkyl halides is 1. The first-order valence-electron chi connectivity index (χ1n) is 4.64. The first-order valence-corrected chi connectivity index (χ1v) is 7.15. The maximum absolute atomic E-state index is 3.51. The minimum atomic E-state index is 0.964. The Hall–Kier alpha value is 0.790. The number of thioether (sulfide) groups is 1. The van der Waals surface area contributed by atoms with Crippen LogP contribution in [0.25, 0.3) is 0 Å². The molecule has 72 valence electrons. The summed E-state index contributed by atoms with van der Waals surface area (Å²) in [6.07, 6.45) is 4.96. The van der Waals surface area contributed by atoms with Crippen molar-refractivity contribution in [3.63, 3.8) is 0 Å². The highest BCUT2D eigenvalue weighted by Gasteiger charge is 2.20. The van der Waals surface area contributed by atoms with E-state index in [9.17, 15) is 0 Å². The van der Waals surface area contributed by atoms with E-state index in [4.69, 9.17) is 0 Å². The molecular weight excluding hydrogens is 234 g/mol. The van der Waals surface area contributed by atoms with Crippen molar-refractivity contribution < 1.29 is 0 Å². The summed E-state index contributed by atoms with van der Waals surface area (Å²) >= 11 is 5.46. The predicted octanol–water partition coefficient (Wildman–Crippen LogP) is 2.46. The number of halogens is 1. The van der Waals surface area contributed by atoms with E-state index in [1.54, 1.807) is 0 Å². The summed E-state index contributed by atoms with van der Waals surface area (Å²) in [5.41, 5.74) is 0. The van der Waals surface area contributed by atoms with Crippen LogP contribution in [-0.4, -0.2) is 41.9 Å². The van der Waals surface area contributed by atoms with Gasteiger partial charge in [0.15, 0.2) is 0 Å². The van der Waals surface area contributed by atoms with Crippen molar-refractivity contribution in [1.29, 1.82) is 0 Å². The van der Waals surface area contributed by atoms with Gasteiger partial charge in [-0.2, -0.15) is 11.8 Å². The van der Waals surface area contributed by atoms with Crippen molar-refractivity contribution in [2.45, 2.75) is 12.8 Å². The standard InChI is InChI=1S/C9H18BrNS/c1-12-7-6-11-5-3-9(8-11)2-4-10/h9H,2-8H2,1H3. The molecule has 0 spiro atoms. The zero-order chi connectivity index (χ0) is 8.81. The lowest BCUT2D eigenvalue weighted by atomic mass is 10.1. The van der Waals surface area contributed by atoms with Gasteiger partial charge in [0, 0.05) is 24.2 Å². The summed E-state index contributed by atoms with van der Waals surface area (Å²) in [6, 6.07) is 0. The molecule has 0 bridgehead atoms. The second-order valence-corrected chi connectivity index (χ2v) is 5.20. The highest BCUT2D eigenvalue weighted by Crippen LogP contribution is 2.20. The van der Waals surface area contributed by atoms with E-state index >= 15 is 0 Å². The summed E-state index contributed by atoms with van der Waals surface area (Å²) in [7, 11) is 0. The largest absolute Gasteiger partial charge is 0.302 e. The maximum atomic E-state index is 3.51. The first kappa shape index (κ1) is 10.9. The van der Waals surface area contributed by atoms with Gasteiger partial charge >= 0.3 is 0 Å². The van der Waals surface area contributed by atoms with E-state index in [2.05, 4.69) is 27.1 Å². The molecular formula is C9H18BrNS. The Kier molecular flexibility index (Phi) is 5.68. The van der Waals surface area contributed by atoms with Gasteiger partial charge < -0.3 is 4.90 Å². The quantitative estimate of drug-likeness (QED) is 0.691. The molecule has 1 saturated heterocycles. The van der Waals surface area contributed by atoms with Gasteiger partial charge in [-0.05, 0) is 31.6 Å². The third-order valence-electron chi connectivity index (χ3n) is 2.50. The monoisotopic (exact) mass is 251 g/mol. The van der Waals surface area contributed by atoms with Gasteiger partial charge in [-0.1, -0.05) is 15.9 Å². The van der Waals surface area contributed by atoms with Crippen LogP contribution in [-0.2, 0) is 0 Å². The van der Waals surface area contributed by atoms with Gasteiger partial charge in [0.25, 0.3) is 0 Å². The van der Waals surface area contributed by atoms with Crippen molar-refractivity contribution in [2.75, 3.05) is 37.0 Å². The van der Waals surface area contributed by atoms with Crippen molar-refractivity contribution in [1.82, 2.24) is 4.90 Å². The number of rotatable bonds is 5. The number of likely N-dealkylation sites (tertiary alicyclic amines) is 1. The minimum absolute atomic E-state index is 0.964. The fourth-order valence-electron chi connectivity index (χ4n) is 1.73. The molecule has 0 saturated carbocycles. The van der Waals surface area contributed by atoms with E-state index < -0.39 is 0 Å². The number of nitrogens with zero attached hydrogens (tertiary/aromatic N) is 1. The molecule has 0 amide bonds. The lowest BCUT2D eigenvalue weighted by Crippen LogP contribution is -2.23. The lowest BCUT2D eigenvalue weighted by Gasteiger charge is -2.14. The molecule has 1 heterocycles. The summed E-state index contributed by atoms with van der Waals surface area (Å²) < 4.78 is 0. The van der Waals surface area contributed by atoms with E-state index in [1.807, 2.05) is 11.8 Å². The molecule has 1 atom stereocenters. The van der Waals surface area contributed by atoms with Crippen molar-refractivity contribution >= 4 is 27.7 Å². The molecule has 1 rings (SSSR count). The van der Waals surface area contributed by atoms with Gasteiger partial charge in [0.05, 0.1) is 0 Å². The van der Waals surface area contributed by atoms with Gasteiger partial charge in [0.2, 0.25) is 0 Å². The van der Waals surface area contributed by atoms with Crippen LogP contribution in [0.15, 0.2) is 0 Å². The minimum Gasteiger partial charge on any atom is -0.302 e. The van der Waals surface area contributed by atoms with Crippen LogP contribution in [0.3, 0.4) is 0 Å². The average Bonchev–Trinajstić information content (AvgIpc) is 2.50. The molecule has 0 aromatic heterocycles. The molecule has 0 N–H and O–H groups in total. The third kappa shape index (κ3) is 3.67. The van der Waals surface area contributed by atoms with Crippen LogP contribution < -0.4 is 0 Å². The zero-order valence-electron chi connectivity index (χ0n) is 7.76. The molecule has 0 aromatic rings. The Morgan fingerprint density at radius 3 is 3.08 bits per heavy atom. The Morgan fingerprint density at radius 1 is 1.58 bits per heavy atom. The number of hydrogen-bond acceptors (Lipinski definition) is 2. The maximum Gasteiger partial charge on any atom is 0.00724 e. The fraction of sp³-hybridized carbons (Fsp3) is 1.00. The van der Waals surface area contributed by atoms with Crippen molar-refractivity contribution in [3.05, 3.63) is 0 Å². The van der Waals surface area contributed by atoms with E-state index in [0.717, 1.165) is 5.92 Å². The Bertz CT molecular complexity index is 121. The molecule has 1 fully saturated rings. The topological polar surface area (TPSA) is 3.24 Å². The molecule has 1 nitrogen and oxygen atoms in total. The molecule has 1 unspecified atom stereocenters. The highest BCUT2D eigenvalue weighted by atomic mass is 79.9. The molecule has 1 aliphatic rings. The smallest absolute Gasteiger partial charge is 0.00724 e. The van der Waals surface area contributed by atoms with Gasteiger partial charge in [-0.3, -0.25) is 0 Å². The van der Waals surface area contributed by atoms with E-state index in [0.29, 0.717) is 0 Å². The summed E-state index contributed by atoms with van der Waals surface area (Å²) in [5, 5.41) is 1.17. The molecule has 3 heteroatoms. The van der Waals surface area contributed by atoms with Crippen LogP contribution in [0.5, 0.6) is 0 Å². The average molecular weight is 252 g/mol. The van der Waals surface area contributed by atoms with Crippen LogP contribution in [0, 0.1) is 5.92 Å². The molecule has 0 aromatic carbocycles. The van der Waals surface area contributed by atoms with Gasteiger partial charge in [0.1, 0.15) is 0 Å². The molecule has 1 aliphatic heterocycles. The highest BCUT2D eigenvalue weighted by molar-refractivity contribution is 9.09. The fourth-order valence-corrected chi connectivity index (χ4v) is 2.81. The summed E-state index contributed by atoms with van der Waals surface area (Å²) in [5.74, 6) is 2.26. The van der Waals surface area contributed by atoms with Crippen molar-refractivity contribution in [3.8, 4) is 0 Å². The van der Waals surface area contributed by atoms with E-state index in [-0.39, 0.29) is 0 Å². The normalized spacial score (nSPS) is 25.0. The van der Waals surface area contributed by atoms with Crippen LogP contribution in [0.1, 0.15) is 12.8 Å². The SMILES string of the molecule is CSCCN1CCC(CCBr)C1. The van der Waals surface area contributed by atoms with Crippen LogP contribution in [0.2, 0.25) is 0 Å². The number of hydrogen-bond donors (Lipinski definition) is 0. The van der Waals surface area contributed by atoms with Crippen LogP contribution >= 0.6 is 27.7 Å². The first-order chi connectivity index (χ1) is 5.86. The Morgan fingerprint density at radius 2 is 2.42 bits per heavy atom. The third-order valence-corrected chi connectivity index (χ3v) is 3.55. The second-order valence-electron chi connectivity index (χ2n) is 3.43. The van der Waals surface area contributed by atoms with E-state index in [1.165, 1.54) is 43.6 Å². The van der Waals surface area contributed by atoms with Crippen molar-refractivity contribution in [2.24, 2.45) is 5.92 Å². The molecule has 12 heavy (non-hydrogen) atoms. The Balaban J connectivity index is 2.08. The van der Waals surface area contributed by atoms with Gasteiger partial charge in [-0.25, -0.2) is 0 Å². The lowest BCUT2D eigenvalue weighted by molar-refractivity contribution is 0.344. The molecule has 0 aliphatic carbocycles. The predicted molar refractivity (Wildman–Crippen MR) is 61.3 cm³/mol. The summed E-state index contributed by atoms with van der Waals surface area (Å²) in [6.45, 7) is 3.96. The van der Waals surface area contributed by atoms with Crippen LogP contribution in [0.4, 0.5) is 0 Å². The summed E-state index contributed by atoms with van der Waals surface area (Å²) in [4.78, 5) is 2.60. The molecule has 0 radical (unpaired) electrons. The zero-order valence-corrected chi connectivity index (χ0v) is 10.2. The second kappa shape index (κ2) is 6.28. The van der Waals surface area contributed by atoms with Gasteiger partial charge in [-0.15, -0.1) is 0 Å². The Labute approximate surface area is 88.4 Å².